The number of rotatable bonds is 5. The predicted molar refractivity (Wildman–Crippen MR) is 63.8 cm³/mol. The second-order valence-corrected chi connectivity index (χ2v) is 5.95. The third-order valence-electron chi connectivity index (χ3n) is 1.78. The maximum atomic E-state index is 13.2. The van der Waals surface area contributed by atoms with E-state index in [9.17, 15) is 17.6 Å². The Kier molecular flexibility index (Phi) is 4.47. The van der Waals surface area contributed by atoms with Crippen molar-refractivity contribution < 1.29 is 22.7 Å². The van der Waals surface area contributed by atoms with E-state index in [0.717, 1.165) is 6.07 Å². The monoisotopic (exact) mass is 325 g/mol. The molecule has 0 heterocycles. The largest absolute Gasteiger partial charge is 0.481 e. The fourth-order valence-electron chi connectivity index (χ4n) is 1.02. The van der Waals surface area contributed by atoms with Crippen molar-refractivity contribution in [2.75, 3.05) is 10.5 Å². The number of aliphatic carboxylic acids is 1. The Morgan fingerprint density at radius 1 is 1.47 bits per heavy atom. The smallest absolute Gasteiger partial charge is 0.304 e. The summed E-state index contributed by atoms with van der Waals surface area (Å²) in [6.07, 6.45) is -0.537. The lowest BCUT2D eigenvalue weighted by Crippen LogP contribution is -2.19. The van der Waals surface area contributed by atoms with Crippen LogP contribution in [0.4, 0.5) is 10.1 Å². The van der Waals surface area contributed by atoms with Gasteiger partial charge in [0.1, 0.15) is 5.82 Å². The van der Waals surface area contributed by atoms with Gasteiger partial charge in [0, 0.05) is 4.47 Å². The van der Waals surface area contributed by atoms with Crippen LogP contribution in [0.5, 0.6) is 0 Å². The second kappa shape index (κ2) is 5.46. The molecule has 0 bridgehead atoms. The molecule has 0 spiro atoms. The first-order valence-electron chi connectivity index (χ1n) is 4.47. The summed E-state index contributed by atoms with van der Waals surface area (Å²) in [4.78, 5) is 10.2. The van der Waals surface area contributed by atoms with E-state index >= 15 is 0 Å². The highest BCUT2D eigenvalue weighted by Crippen LogP contribution is 2.21. The fourth-order valence-corrected chi connectivity index (χ4v) is 2.41. The maximum absolute atomic E-state index is 13.2. The molecule has 17 heavy (non-hydrogen) atoms. The quantitative estimate of drug-likeness (QED) is 0.864. The first-order valence-corrected chi connectivity index (χ1v) is 6.92. The minimum absolute atomic E-state index is 0.218. The van der Waals surface area contributed by atoms with Gasteiger partial charge >= 0.3 is 5.97 Å². The molecule has 0 atom stereocenters. The topological polar surface area (TPSA) is 83.5 Å². The molecular weight excluding hydrogens is 317 g/mol. The van der Waals surface area contributed by atoms with Crippen molar-refractivity contribution in [2.24, 2.45) is 0 Å². The lowest BCUT2D eigenvalue weighted by atomic mass is 10.3. The van der Waals surface area contributed by atoms with Crippen LogP contribution in [-0.4, -0.2) is 25.2 Å². The Morgan fingerprint density at radius 3 is 2.71 bits per heavy atom. The van der Waals surface area contributed by atoms with Gasteiger partial charge in [0.25, 0.3) is 0 Å². The number of hydrogen-bond acceptors (Lipinski definition) is 3. The molecule has 0 aromatic heterocycles. The molecule has 94 valence electrons. The van der Waals surface area contributed by atoms with Crippen molar-refractivity contribution in [2.45, 2.75) is 6.42 Å². The van der Waals surface area contributed by atoms with Gasteiger partial charge in [-0.1, -0.05) is 15.9 Å². The summed E-state index contributed by atoms with van der Waals surface area (Å²) >= 11 is 3.07. The zero-order chi connectivity index (χ0) is 13.1. The SMILES string of the molecule is O=C(O)CCS(=O)(=O)Nc1cc(Br)ccc1F. The molecule has 0 unspecified atom stereocenters. The van der Waals surface area contributed by atoms with Crippen LogP contribution in [0.3, 0.4) is 0 Å². The van der Waals surface area contributed by atoms with Gasteiger partial charge in [-0.3, -0.25) is 9.52 Å². The number of benzene rings is 1. The highest BCUT2D eigenvalue weighted by molar-refractivity contribution is 9.10. The van der Waals surface area contributed by atoms with Crippen LogP contribution in [0.25, 0.3) is 0 Å². The number of nitrogens with one attached hydrogen (secondary N) is 1. The molecule has 0 saturated heterocycles. The molecule has 0 amide bonds. The molecule has 1 aromatic rings. The summed E-state index contributed by atoms with van der Waals surface area (Å²) in [7, 11) is -3.86. The van der Waals surface area contributed by atoms with Crippen molar-refractivity contribution in [3.05, 3.63) is 28.5 Å². The molecule has 0 fully saturated rings. The number of halogens is 2. The second-order valence-electron chi connectivity index (χ2n) is 3.19. The zero-order valence-corrected chi connectivity index (χ0v) is 10.9. The van der Waals surface area contributed by atoms with Gasteiger partial charge in [-0.2, -0.15) is 0 Å². The van der Waals surface area contributed by atoms with Crippen LogP contribution in [0.15, 0.2) is 22.7 Å². The summed E-state index contributed by atoms with van der Waals surface area (Å²) in [6.45, 7) is 0. The van der Waals surface area contributed by atoms with Crippen molar-refractivity contribution in [3.63, 3.8) is 0 Å². The van der Waals surface area contributed by atoms with Gasteiger partial charge in [0.2, 0.25) is 10.0 Å². The van der Waals surface area contributed by atoms with Gasteiger partial charge in [0.15, 0.2) is 0 Å². The Morgan fingerprint density at radius 2 is 2.12 bits per heavy atom. The summed E-state index contributed by atoms with van der Waals surface area (Å²) in [5.41, 5.74) is -0.218. The molecule has 0 aliphatic carbocycles. The third-order valence-corrected chi connectivity index (χ3v) is 3.54. The fraction of sp³-hybridized carbons (Fsp3) is 0.222. The maximum Gasteiger partial charge on any atom is 0.304 e. The molecule has 2 N–H and O–H groups in total. The summed E-state index contributed by atoms with van der Waals surface area (Å²) in [5, 5.41) is 8.37. The number of anilines is 1. The number of hydrogen-bond donors (Lipinski definition) is 2. The number of carboxylic acids is 1. The van der Waals surface area contributed by atoms with Gasteiger partial charge in [-0.25, -0.2) is 12.8 Å². The standard InChI is InChI=1S/C9H9BrFNO4S/c10-6-1-2-7(11)8(5-6)12-17(15,16)4-3-9(13)14/h1-2,5,12H,3-4H2,(H,13,14). The summed E-state index contributed by atoms with van der Waals surface area (Å²) < 4.78 is 38.6. The van der Waals surface area contributed by atoms with Crippen molar-refractivity contribution in [1.29, 1.82) is 0 Å². The molecule has 0 saturated carbocycles. The Hall–Kier alpha value is -1.15. The minimum atomic E-state index is -3.86. The predicted octanol–water partition coefficient (Wildman–Crippen LogP) is 1.80. The summed E-state index contributed by atoms with van der Waals surface area (Å²) in [5.74, 6) is -2.56. The first kappa shape index (κ1) is 13.9. The lowest BCUT2D eigenvalue weighted by Gasteiger charge is -2.08. The van der Waals surface area contributed by atoms with E-state index < -0.39 is 34.0 Å². The third kappa shape index (κ3) is 4.70. The van der Waals surface area contributed by atoms with Gasteiger partial charge < -0.3 is 5.11 Å². The van der Waals surface area contributed by atoms with E-state index in [-0.39, 0.29) is 5.69 Å². The molecule has 0 aliphatic rings. The van der Waals surface area contributed by atoms with E-state index in [0.29, 0.717) is 4.47 Å². The number of carboxylic acid groups (broad SMARTS) is 1. The lowest BCUT2D eigenvalue weighted by molar-refractivity contribution is -0.136. The molecular formula is C9H9BrFNO4S. The minimum Gasteiger partial charge on any atom is -0.481 e. The Balaban J connectivity index is 2.83. The first-order chi connectivity index (χ1) is 7.80. The Bertz CT molecular complexity index is 532. The van der Waals surface area contributed by atoms with Gasteiger partial charge in [0.05, 0.1) is 17.9 Å². The molecule has 1 aromatic carbocycles. The molecule has 5 nitrogen and oxygen atoms in total. The Labute approximate surface area is 106 Å². The highest BCUT2D eigenvalue weighted by atomic mass is 79.9. The van der Waals surface area contributed by atoms with Gasteiger partial charge in [-0.15, -0.1) is 0 Å². The van der Waals surface area contributed by atoms with Crippen molar-refractivity contribution in [3.8, 4) is 0 Å². The van der Waals surface area contributed by atoms with Crippen molar-refractivity contribution >= 4 is 37.6 Å². The average molecular weight is 326 g/mol. The molecule has 1 rings (SSSR count). The zero-order valence-electron chi connectivity index (χ0n) is 8.48. The van der Waals surface area contributed by atoms with E-state index in [2.05, 4.69) is 15.9 Å². The molecule has 0 aliphatic heterocycles. The van der Waals surface area contributed by atoms with E-state index in [4.69, 9.17) is 5.11 Å². The van der Waals surface area contributed by atoms with Crippen LogP contribution in [-0.2, 0) is 14.8 Å². The van der Waals surface area contributed by atoms with Crippen molar-refractivity contribution in [1.82, 2.24) is 0 Å². The van der Waals surface area contributed by atoms with Crippen LogP contribution in [0.2, 0.25) is 0 Å². The molecule has 0 radical (unpaired) electrons. The highest BCUT2D eigenvalue weighted by Gasteiger charge is 2.15. The van der Waals surface area contributed by atoms with Crippen LogP contribution in [0.1, 0.15) is 6.42 Å². The normalized spacial score (nSPS) is 11.2. The average Bonchev–Trinajstić information content (AvgIpc) is 2.20. The summed E-state index contributed by atoms with van der Waals surface area (Å²) in [6, 6.07) is 3.77. The van der Waals surface area contributed by atoms with Gasteiger partial charge in [-0.05, 0) is 18.2 Å². The molecule has 8 heteroatoms. The number of carbonyl (C=O) groups is 1. The van der Waals surface area contributed by atoms with E-state index in [1.54, 1.807) is 0 Å². The van der Waals surface area contributed by atoms with Crippen LogP contribution in [0, 0.1) is 5.82 Å². The van der Waals surface area contributed by atoms with E-state index in [1.807, 2.05) is 4.72 Å². The number of sulfonamides is 1. The van der Waals surface area contributed by atoms with Crippen LogP contribution < -0.4 is 4.72 Å². The van der Waals surface area contributed by atoms with Crippen LogP contribution >= 0.6 is 15.9 Å². The van der Waals surface area contributed by atoms with E-state index in [1.165, 1.54) is 12.1 Å².